The van der Waals surface area contributed by atoms with E-state index >= 15 is 0 Å². The van der Waals surface area contributed by atoms with Crippen LogP contribution in [0.5, 0.6) is 0 Å². The van der Waals surface area contributed by atoms with E-state index in [9.17, 15) is 19.5 Å². The van der Waals surface area contributed by atoms with Gasteiger partial charge in [-0.3, -0.25) is 19.4 Å². The van der Waals surface area contributed by atoms with Gasteiger partial charge in [-0.1, -0.05) is 98.1 Å². The predicted molar refractivity (Wildman–Crippen MR) is 265 cm³/mol. The van der Waals surface area contributed by atoms with Crippen LogP contribution in [0.1, 0.15) is 147 Å². The molecule has 6 rings (SSSR count). The van der Waals surface area contributed by atoms with Crippen molar-refractivity contribution in [2.45, 2.75) is 147 Å². The van der Waals surface area contributed by atoms with E-state index in [2.05, 4.69) is 52.9 Å². The molecule has 8 bridgehead atoms. The number of ketones is 1. The first-order valence-corrected chi connectivity index (χ1v) is 24.3. The van der Waals surface area contributed by atoms with Crippen molar-refractivity contribution in [3.63, 3.8) is 0 Å². The van der Waals surface area contributed by atoms with Gasteiger partial charge in [-0.05, 0) is 118 Å². The maximum atomic E-state index is 14.4. The Hall–Kier alpha value is -4.35. The molecule has 0 saturated carbocycles. The van der Waals surface area contributed by atoms with E-state index in [1.807, 2.05) is 52.0 Å². The summed E-state index contributed by atoms with van der Waals surface area (Å²) < 4.78 is 11.0. The zero-order valence-electron chi connectivity index (χ0n) is 41.9. The Kier molecular flexibility index (Phi) is 18.4. The summed E-state index contributed by atoms with van der Waals surface area (Å²) >= 11 is 0. The fourth-order valence-corrected chi connectivity index (χ4v) is 10.4. The van der Waals surface area contributed by atoms with Crippen molar-refractivity contribution in [1.82, 2.24) is 5.32 Å². The number of allylic oxidation sites excluding steroid dienone is 12. The molecule has 0 aromatic carbocycles. The Morgan fingerprint density at radius 1 is 0.879 bits per heavy atom. The average molecular weight is 911 g/mol. The quantitative estimate of drug-likeness (QED) is 0.0772. The SMILES string of the molecule is CC=C1C2=CC3=C(C)C4=C([O-])[C@H](C(=O)OC)C(=C5N=C(C=C6N=C(C=C(N2)C1C)C(C(C)=O)=C6C)[C@@H](C)[C@@H]5CCC(=O)OC/C=C(\C)CCC[C@H](C)CCC[C@H](C)CCCC(C)C)C4=N3.[Mg+2]. The number of methoxy groups -OCH3 is 1. The second-order valence-electron chi connectivity index (χ2n) is 19.9. The van der Waals surface area contributed by atoms with Crippen molar-refractivity contribution in [3.05, 3.63) is 104 Å². The summed E-state index contributed by atoms with van der Waals surface area (Å²) in [7, 11) is 1.28. The van der Waals surface area contributed by atoms with Gasteiger partial charge in [-0.25, -0.2) is 9.98 Å². The minimum atomic E-state index is -1.25. The molecule has 1 N–H and O–H groups in total. The van der Waals surface area contributed by atoms with E-state index in [0.717, 1.165) is 47.2 Å². The van der Waals surface area contributed by atoms with Crippen LogP contribution in [-0.4, -0.2) is 71.6 Å². The zero-order chi connectivity index (χ0) is 47.3. The van der Waals surface area contributed by atoms with E-state index in [1.165, 1.54) is 57.6 Å². The molecule has 5 heterocycles. The van der Waals surface area contributed by atoms with Gasteiger partial charge in [0.2, 0.25) is 0 Å². The number of fused-ring (bicyclic) bond motifs is 5. The Morgan fingerprint density at radius 2 is 1.55 bits per heavy atom. The van der Waals surface area contributed by atoms with E-state index in [1.54, 1.807) is 6.92 Å². The smallest absolute Gasteiger partial charge is 0.874 e. The second kappa shape index (κ2) is 23.1. The van der Waals surface area contributed by atoms with Crippen molar-refractivity contribution in [2.75, 3.05) is 13.7 Å². The zero-order valence-corrected chi connectivity index (χ0v) is 43.3. The van der Waals surface area contributed by atoms with Crippen LogP contribution in [0.3, 0.4) is 0 Å². The van der Waals surface area contributed by atoms with Crippen LogP contribution in [-0.2, 0) is 23.9 Å². The van der Waals surface area contributed by atoms with Crippen LogP contribution < -0.4 is 10.4 Å². The molecule has 350 valence electrons. The number of nitrogens with zero attached hydrogens (tertiary/aromatic N) is 3. The number of Topliss-reactive ketones (excluding diaryl/α,β-unsaturated/α-hetero) is 1. The molecular weight excluding hydrogens is 837 g/mol. The van der Waals surface area contributed by atoms with Gasteiger partial charge in [0, 0.05) is 52.4 Å². The fraction of sp³-hybridized carbons (Fsp3) is 0.564. The number of nitrogens with one attached hydrogen (secondary N) is 1. The summed E-state index contributed by atoms with van der Waals surface area (Å²) in [4.78, 5) is 55.5. The predicted octanol–water partition coefficient (Wildman–Crippen LogP) is 10.6. The topological polar surface area (TPSA) is 142 Å². The van der Waals surface area contributed by atoms with Crippen LogP contribution in [0.4, 0.5) is 0 Å². The van der Waals surface area contributed by atoms with Gasteiger partial charge < -0.3 is 19.9 Å². The number of ether oxygens (including phenoxy) is 2. The van der Waals surface area contributed by atoms with Crippen LogP contribution in [0.15, 0.2) is 119 Å². The van der Waals surface area contributed by atoms with Gasteiger partial charge in [0.15, 0.2) is 5.78 Å². The van der Waals surface area contributed by atoms with Gasteiger partial charge in [-0.15, -0.1) is 5.76 Å². The number of aliphatic imine (C=N–C) groups is 3. The van der Waals surface area contributed by atoms with Gasteiger partial charge in [-0.2, -0.15) is 0 Å². The number of hydrogen-bond acceptors (Lipinski definition) is 10. The molecule has 0 amide bonds. The molecule has 1 fully saturated rings. The number of rotatable bonds is 19. The van der Waals surface area contributed by atoms with Gasteiger partial charge in [0.25, 0.3) is 0 Å². The average Bonchev–Trinajstić information content (AvgIpc) is 4.00. The second-order valence-corrected chi connectivity index (χ2v) is 19.9. The minimum Gasteiger partial charge on any atom is -0.874 e. The monoisotopic (exact) mass is 910 g/mol. The number of carbonyl (C=O) groups is 3. The summed E-state index contributed by atoms with van der Waals surface area (Å²) in [6.45, 7) is 23.1. The third-order valence-electron chi connectivity index (χ3n) is 14.4. The van der Waals surface area contributed by atoms with Gasteiger partial charge >= 0.3 is 35.0 Å². The van der Waals surface area contributed by atoms with E-state index in [0.29, 0.717) is 68.9 Å². The largest absolute Gasteiger partial charge is 2.00 e. The van der Waals surface area contributed by atoms with Gasteiger partial charge in [0.05, 0.1) is 41.5 Å². The molecule has 0 aromatic rings. The molecular formula is C55H73MgN4O6+. The first-order chi connectivity index (χ1) is 30.9. The summed E-state index contributed by atoms with van der Waals surface area (Å²) in [5.74, 6) is -1.05. The summed E-state index contributed by atoms with van der Waals surface area (Å²) in [5, 5.41) is 17.9. The normalized spacial score (nSPS) is 24.0. The fourth-order valence-electron chi connectivity index (χ4n) is 10.4. The molecule has 1 unspecified atom stereocenters. The van der Waals surface area contributed by atoms with Crippen molar-refractivity contribution in [3.8, 4) is 0 Å². The molecule has 10 nitrogen and oxygen atoms in total. The molecule has 6 atom stereocenters. The maximum absolute atomic E-state index is 14.4. The molecule has 0 spiro atoms. The van der Waals surface area contributed by atoms with Gasteiger partial charge in [0.1, 0.15) is 6.61 Å². The Labute approximate surface area is 410 Å². The third-order valence-corrected chi connectivity index (χ3v) is 14.4. The van der Waals surface area contributed by atoms with Crippen LogP contribution in [0, 0.1) is 41.4 Å². The summed E-state index contributed by atoms with van der Waals surface area (Å²) in [6.07, 6.45) is 21.5. The first-order valence-electron chi connectivity index (χ1n) is 24.3. The molecule has 0 radical (unpaired) electrons. The molecule has 11 heteroatoms. The molecule has 1 aliphatic carbocycles. The molecule has 1 saturated heterocycles. The maximum Gasteiger partial charge on any atom is 2.00 e. The van der Waals surface area contributed by atoms with Crippen molar-refractivity contribution in [2.24, 2.45) is 56.4 Å². The number of esters is 2. The molecule has 0 aromatic heterocycles. The Bertz CT molecular complexity index is 2340. The molecule has 5 aliphatic heterocycles. The summed E-state index contributed by atoms with van der Waals surface area (Å²) in [5.41, 5.74) is 10.2. The number of hydrogen-bond donors (Lipinski definition) is 1. The van der Waals surface area contributed by atoms with E-state index in [4.69, 9.17) is 24.5 Å². The van der Waals surface area contributed by atoms with Crippen LogP contribution >= 0.6 is 0 Å². The van der Waals surface area contributed by atoms with Crippen molar-refractivity contribution >= 4 is 57.9 Å². The Morgan fingerprint density at radius 3 is 2.18 bits per heavy atom. The van der Waals surface area contributed by atoms with Crippen molar-refractivity contribution in [1.29, 1.82) is 0 Å². The number of carbonyl (C=O) groups excluding carboxylic acids is 3. The molecule has 6 aliphatic rings. The molecule has 66 heavy (non-hydrogen) atoms. The van der Waals surface area contributed by atoms with Crippen molar-refractivity contribution < 1.29 is 29.0 Å². The van der Waals surface area contributed by atoms with Crippen LogP contribution in [0.2, 0.25) is 0 Å². The third kappa shape index (κ3) is 11.7. The standard InChI is InChI=1S/C55H74N4O6.Mg/c1-13-39-34(7)41-29-46-48(38(11)60)36(9)43(57-46)27-42-35(8)40(52(58-42)50-51(55(63)64-12)54(62)49-37(10)44(59-53(49)50)28-45(39)56-41)23-24-47(61)65-26-25-33(6)22-16-21-32(5)20-15-19-31(4)18-14-17-30(2)3;/h13,25,27-32,34-35,40,51,56,62H,14-24,26H2,1-12H3;/q;+2/p-1/b33-25+,39-13?,41-29?,43-27?,45-28?,52-50?;/t31-,32-,34?,35+,40+,51-;/m1./s1. The van der Waals surface area contributed by atoms with E-state index < -0.39 is 11.9 Å². The van der Waals surface area contributed by atoms with Crippen LogP contribution in [0.25, 0.3) is 0 Å². The summed E-state index contributed by atoms with van der Waals surface area (Å²) in [6, 6.07) is 0. The first kappa shape index (κ1) is 52.6. The van der Waals surface area contributed by atoms with E-state index in [-0.39, 0.29) is 71.3 Å². The minimum absolute atomic E-state index is 0. The Balaban J connectivity index is 0.00000817.